The van der Waals surface area contributed by atoms with Gasteiger partial charge < -0.3 is 14.6 Å². The number of hydrogen-bond donors (Lipinski definition) is 1. The minimum Gasteiger partial charge on any atom is -0.484 e. The van der Waals surface area contributed by atoms with E-state index in [1.54, 1.807) is 50.0 Å². The number of alkyl halides is 3. The fourth-order valence-corrected chi connectivity index (χ4v) is 4.05. The first-order valence-electron chi connectivity index (χ1n) is 11.5. The summed E-state index contributed by atoms with van der Waals surface area (Å²) in [5.41, 5.74) is 0.955. The molecule has 1 unspecified atom stereocenters. The number of fused-ring (bicyclic) bond motifs is 1. The van der Waals surface area contributed by atoms with Crippen molar-refractivity contribution < 1.29 is 31.5 Å². The number of hydrogen-bond acceptors (Lipinski definition) is 4. The first kappa shape index (κ1) is 26.8. The molecule has 4 rings (SSSR count). The highest BCUT2D eigenvalue weighted by Crippen LogP contribution is 2.32. The maximum Gasteiger partial charge on any atom is 0.471 e. The van der Waals surface area contributed by atoms with E-state index in [2.05, 4.69) is 5.10 Å². The van der Waals surface area contributed by atoms with E-state index < -0.39 is 41.8 Å². The van der Waals surface area contributed by atoms with Crippen LogP contribution >= 0.6 is 0 Å². The lowest BCUT2D eigenvalue weighted by atomic mass is 9.92. The highest BCUT2D eigenvalue weighted by atomic mass is 19.4. The van der Waals surface area contributed by atoms with Gasteiger partial charge in [0.15, 0.2) is 0 Å². The third kappa shape index (κ3) is 5.68. The zero-order valence-electron chi connectivity index (χ0n) is 20.5. The van der Waals surface area contributed by atoms with E-state index in [1.165, 1.54) is 22.9 Å². The van der Waals surface area contributed by atoms with Crippen LogP contribution in [0.3, 0.4) is 0 Å². The number of amides is 1. The third-order valence-corrected chi connectivity index (χ3v) is 5.93. The Hall–Kier alpha value is -4.22. The molecule has 0 fully saturated rings. The zero-order valence-corrected chi connectivity index (χ0v) is 20.5. The minimum absolute atomic E-state index is 0.0929. The van der Waals surface area contributed by atoms with Crippen molar-refractivity contribution in [2.24, 2.45) is 13.0 Å². The SMILES string of the molecule is CC(C)C(NC(=O)C(F)(F)F)[C@H](Oc1ccc2c(cnn2-c2ccc(=O)n(C)c2)c1)c1cc(F)cc(F)c1. The van der Waals surface area contributed by atoms with E-state index in [0.29, 0.717) is 22.7 Å². The lowest BCUT2D eigenvalue weighted by molar-refractivity contribution is -0.175. The second-order valence-electron chi connectivity index (χ2n) is 9.10. The van der Waals surface area contributed by atoms with E-state index in [0.717, 1.165) is 12.1 Å². The molecule has 0 aliphatic heterocycles. The van der Waals surface area contributed by atoms with Gasteiger partial charge in [-0.3, -0.25) is 9.59 Å². The van der Waals surface area contributed by atoms with Crippen molar-refractivity contribution in [3.05, 3.63) is 88.5 Å². The molecule has 0 aliphatic rings. The molecule has 4 aromatic rings. The molecule has 0 saturated heterocycles. The lowest BCUT2D eigenvalue weighted by Gasteiger charge is -2.32. The molecule has 0 bridgehead atoms. The average molecular weight is 534 g/mol. The molecule has 2 heterocycles. The number of nitrogens with zero attached hydrogens (tertiary/aromatic N) is 3. The summed E-state index contributed by atoms with van der Waals surface area (Å²) in [7, 11) is 1.60. The summed E-state index contributed by atoms with van der Waals surface area (Å²) in [6, 6.07) is 8.94. The fraction of sp³-hybridized carbons (Fsp3) is 0.269. The second-order valence-corrected chi connectivity index (χ2v) is 9.10. The van der Waals surface area contributed by atoms with Gasteiger partial charge in [-0.25, -0.2) is 13.5 Å². The van der Waals surface area contributed by atoms with Gasteiger partial charge in [0.2, 0.25) is 5.56 Å². The van der Waals surface area contributed by atoms with Crippen LogP contribution in [0.15, 0.2) is 65.7 Å². The molecule has 0 radical (unpaired) electrons. The van der Waals surface area contributed by atoms with Gasteiger partial charge >= 0.3 is 12.1 Å². The maximum absolute atomic E-state index is 14.1. The summed E-state index contributed by atoms with van der Waals surface area (Å²) in [5, 5.41) is 6.83. The fourth-order valence-electron chi connectivity index (χ4n) is 4.05. The van der Waals surface area contributed by atoms with Crippen LogP contribution in [0.5, 0.6) is 5.75 Å². The van der Waals surface area contributed by atoms with E-state index in [1.807, 2.05) is 5.32 Å². The van der Waals surface area contributed by atoms with Crippen molar-refractivity contribution in [3.8, 4) is 11.4 Å². The molecule has 0 spiro atoms. The van der Waals surface area contributed by atoms with Crippen LogP contribution in [0, 0.1) is 17.6 Å². The number of pyridine rings is 1. The summed E-state index contributed by atoms with van der Waals surface area (Å²) >= 11 is 0. The highest BCUT2D eigenvalue weighted by Gasteiger charge is 2.42. The predicted octanol–water partition coefficient (Wildman–Crippen LogP) is 4.83. The predicted molar refractivity (Wildman–Crippen MR) is 129 cm³/mol. The number of carbonyl (C=O) groups excluding carboxylic acids is 1. The smallest absolute Gasteiger partial charge is 0.471 e. The Morgan fingerprint density at radius 3 is 2.32 bits per heavy atom. The molecule has 12 heteroatoms. The number of carbonyl (C=O) groups is 1. The number of nitrogens with one attached hydrogen (secondary N) is 1. The Kier molecular flexibility index (Phi) is 7.25. The number of benzene rings is 2. The van der Waals surface area contributed by atoms with Gasteiger partial charge in [0, 0.05) is 36.3 Å². The summed E-state index contributed by atoms with van der Waals surface area (Å²) in [4.78, 5) is 23.5. The van der Waals surface area contributed by atoms with Crippen LogP contribution < -0.4 is 15.6 Å². The molecule has 2 atom stereocenters. The Balaban J connectivity index is 1.74. The Morgan fingerprint density at radius 2 is 1.71 bits per heavy atom. The topological polar surface area (TPSA) is 78.2 Å². The molecule has 38 heavy (non-hydrogen) atoms. The van der Waals surface area contributed by atoms with Gasteiger partial charge in [-0.15, -0.1) is 0 Å². The molecule has 7 nitrogen and oxygen atoms in total. The first-order valence-corrected chi connectivity index (χ1v) is 11.5. The highest BCUT2D eigenvalue weighted by molar-refractivity contribution is 5.82. The van der Waals surface area contributed by atoms with E-state index in [9.17, 15) is 31.5 Å². The number of ether oxygens (including phenoxy) is 1. The molecule has 2 aromatic carbocycles. The molecular weight excluding hydrogens is 511 g/mol. The van der Waals surface area contributed by atoms with Crippen LogP contribution in [-0.4, -0.2) is 32.5 Å². The number of halogens is 5. The van der Waals surface area contributed by atoms with Gasteiger partial charge in [0.1, 0.15) is 23.5 Å². The van der Waals surface area contributed by atoms with Crippen molar-refractivity contribution in [1.29, 1.82) is 0 Å². The van der Waals surface area contributed by atoms with Gasteiger partial charge in [-0.05, 0) is 42.3 Å². The zero-order chi connectivity index (χ0) is 27.8. The Labute approximate surface area is 213 Å². The van der Waals surface area contributed by atoms with Gasteiger partial charge in [0.25, 0.3) is 0 Å². The summed E-state index contributed by atoms with van der Waals surface area (Å²) in [6.45, 7) is 3.10. The summed E-state index contributed by atoms with van der Waals surface area (Å²) in [5.74, 6) is -4.55. The van der Waals surface area contributed by atoms with Crippen LogP contribution in [0.2, 0.25) is 0 Å². The first-order chi connectivity index (χ1) is 17.8. The average Bonchev–Trinajstić information content (AvgIpc) is 3.24. The van der Waals surface area contributed by atoms with Crippen molar-refractivity contribution in [2.45, 2.75) is 32.2 Å². The molecule has 2 aromatic heterocycles. The minimum atomic E-state index is -5.17. The summed E-state index contributed by atoms with van der Waals surface area (Å²) < 4.78 is 76.3. The second kappa shape index (κ2) is 10.3. The molecule has 0 saturated carbocycles. The Morgan fingerprint density at radius 1 is 1.03 bits per heavy atom. The van der Waals surface area contributed by atoms with Gasteiger partial charge in [-0.2, -0.15) is 18.3 Å². The van der Waals surface area contributed by atoms with Crippen LogP contribution in [0.4, 0.5) is 22.0 Å². The van der Waals surface area contributed by atoms with Crippen LogP contribution in [0.1, 0.15) is 25.5 Å². The third-order valence-electron chi connectivity index (χ3n) is 5.93. The molecule has 1 amide bonds. The summed E-state index contributed by atoms with van der Waals surface area (Å²) in [6.07, 6.45) is -3.42. The van der Waals surface area contributed by atoms with Crippen LogP contribution in [-0.2, 0) is 11.8 Å². The molecule has 200 valence electrons. The van der Waals surface area contributed by atoms with Crippen molar-refractivity contribution >= 4 is 16.8 Å². The molecular formula is C26H23F5N4O3. The standard InChI is InChI=1S/C26H23F5N4O3/c1-14(2)23(33-25(37)26(29,30)31)24(15-8-17(27)11-18(28)9-15)38-20-5-6-21-16(10-20)12-32-35(21)19-4-7-22(36)34(3)13-19/h4-14,23-24H,1-3H3,(H,33,37)/t23?,24-/m1/s1. The van der Waals surface area contributed by atoms with Crippen molar-refractivity contribution in [1.82, 2.24) is 19.7 Å². The quantitative estimate of drug-likeness (QED) is 0.345. The van der Waals surface area contributed by atoms with E-state index in [-0.39, 0.29) is 16.9 Å². The monoisotopic (exact) mass is 534 g/mol. The van der Waals surface area contributed by atoms with Crippen molar-refractivity contribution in [3.63, 3.8) is 0 Å². The largest absolute Gasteiger partial charge is 0.484 e. The van der Waals surface area contributed by atoms with Gasteiger partial charge in [-0.1, -0.05) is 13.8 Å². The van der Waals surface area contributed by atoms with Gasteiger partial charge in [0.05, 0.1) is 23.4 Å². The Bertz CT molecular complexity index is 1520. The van der Waals surface area contributed by atoms with E-state index in [4.69, 9.17) is 4.74 Å². The molecule has 0 aliphatic carbocycles. The number of aromatic nitrogens is 3. The molecule has 1 N–H and O–H groups in total. The normalized spacial score (nSPS) is 13.5. The van der Waals surface area contributed by atoms with E-state index >= 15 is 0 Å². The lowest BCUT2D eigenvalue weighted by Crippen LogP contribution is -2.49. The van der Waals surface area contributed by atoms with Crippen LogP contribution in [0.25, 0.3) is 16.6 Å². The number of rotatable bonds is 7. The van der Waals surface area contributed by atoms with Crippen molar-refractivity contribution in [2.75, 3.05) is 0 Å². The number of aryl methyl sites for hydroxylation is 1. The maximum atomic E-state index is 14.1.